The second kappa shape index (κ2) is 7.18. The van der Waals surface area contributed by atoms with E-state index >= 15 is 0 Å². The maximum atomic E-state index is 14.2. The summed E-state index contributed by atoms with van der Waals surface area (Å²) in [5.41, 5.74) is 1.90. The predicted octanol–water partition coefficient (Wildman–Crippen LogP) is 4.00. The van der Waals surface area contributed by atoms with Crippen molar-refractivity contribution in [1.82, 2.24) is 5.32 Å². The van der Waals surface area contributed by atoms with Crippen LogP contribution in [0.3, 0.4) is 0 Å². The zero-order valence-electron chi connectivity index (χ0n) is 13.9. The highest BCUT2D eigenvalue weighted by molar-refractivity contribution is 5.52. The first-order valence-electron chi connectivity index (χ1n) is 8.25. The molecule has 5 heteroatoms. The molecule has 0 spiro atoms. The van der Waals surface area contributed by atoms with Crippen LogP contribution in [0.25, 0.3) is 0 Å². The molecule has 2 aromatic rings. The zero-order chi connectivity index (χ0) is 17.1. The molecule has 0 saturated carbocycles. The Morgan fingerprint density at radius 1 is 1.04 bits per heavy atom. The molecule has 3 rings (SSSR count). The first-order valence-corrected chi connectivity index (χ1v) is 8.25. The number of ether oxygens (including phenoxy) is 2. The zero-order valence-corrected chi connectivity index (χ0v) is 13.9. The minimum atomic E-state index is -0.549. The SMILES string of the molecule is CCOc1cc2c(cc1OCC)[C@H](c1c(F)cccc1F)NCC2. The molecular formula is C19H21F2NO2. The van der Waals surface area contributed by atoms with Gasteiger partial charge in [-0.05, 0) is 55.7 Å². The highest BCUT2D eigenvalue weighted by Gasteiger charge is 2.28. The lowest BCUT2D eigenvalue weighted by Gasteiger charge is -2.29. The van der Waals surface area contributed by atoms with E-state index in [-0.39, 0.29) is 5.56 Å². The van der Waals surface area contributed by atoms with Crippen molar-refractivity contribution in [3.05, 3.63) is 58.7 Å². The summed E-state index contributed by atoms with van der Waals surface area (Å²) in [5.74, 6) is 0.177. The van der Waals surface area contributed by atoms with Gasteiger partial charge in [-0.3, -0.25) is 0 Å². The number of hydrogen-bond donors (Lipinski definition) is 1. The monoisotopic (exact) mass is 333 g/mol. The summed E-state index contributed by atoms with van der Waals surface area (Å²) in [7, 11) is 0. The Bertz CT molecular complexity index is 713. The van der Waals surface area contributed by atoms with Crippen molar-refractivity contribution in [2.45, 2.75) is 26.3 Å². The average molecular weight is 333 g/mol. The summed E-state index contributed by atoms with van der Waals surface area (Å²) in [6, 6.07) is 7.17. The molecule has 0 saturated heterocycles. The number of rotatable bonds is 5. The van der Waals surface area contributed by atoms with Gasteiger partial charge in [0.15, 0.2) is 11.5 Å². The van der Waals surface area contributed by atoms with E-state index in [0.717, 1.165) is 17.5 Å². The Hall–Kier alpha value is -2.14. The van der Waals surface area contributed by atoms with Crippen LogP contribution in [-0.4, -0.2) is 19.8 Å². The van der Waals surface area contributed by atoms with E-state index in [1.807, 2.05) is 26.0 Å². The third-order valence-corrected chi connectivity index (χ3v) is 4.15. The molecule has 0 bridgehead atoms. The topological polar surface area (TPSA) is 30.5 Å². The highest BCUT2D eigenvalue weighted by Crippen LogP contribution is 2.38. The molecule has 0 radical (unpaired) electrons. The van der Waals surface area contributed by atoms with Gasteiger partial charge in [0.2, 0.25) is 0 Å². The highest BCUT2D eigenvalue weighted by atomic mass is 19.1. The molecule has 128 valence electrons. The van der Waals surface area contributed by atoms with E-state index in [4.69, 9.17) is 9.47 Å². The fraction of sp³-hybridized carbons (Fsp3) is 0.368. The maximum absolute atomic E-state index is 14.2. The molecule has 1 aliphatic heterocycles. The van der Waals surface area contributed by atoms with Crippen LogP contribution in [0.5, 0.6) is 11.5 Å². The number of fused-ring (bicyclic) bond motifs is 1. The van der Waals surface area contributed by atoms with Gasteiger partial charge in [0.25, 0.3) is 0 Å². The fourth-order valence-corrected chi connectivity index (χ4v) is 3.14. The summed E-state index contributed by atoms with van der Waals surface area (Å²) < 4.78 is 39.8. The van der Waals surface area contributed by atoms with Crippen LogP contribution in [0.2, 0.25) is 0 Å². The quantitative estimate of drug-likeness (QED) is 0.897. The van der Waals surface area contributed by atoms with E-state index in [2.05, 4.69) is 5.32 Å². The molecule has 0 aromatic heterocycles. The first-order chi connectivity index (χ1) is 11.7. The van der Waals surface area contributed by atoms with Crippen LogP contribution in [0.1, 0.15) is 36.6 Å². The Morgan fingerprint density at radius 3 is 2.29 bits per heavy atom. The van der Waals surface area contributed by atoms with Gasteiger partial charge in [-0.1, -0.05) is 6.07 Å². The normalized spacial score (nSPS) is 16.6. The minimum Gasteiger partial charge on any atom is -0.490 e. The van der Waals surface area contributed by atoms with E-state index in [0.29, 0.717) is 31.3 Å². The van der Waals surface area contributed by atoms with Crippen molar-refractivity contribution in [2.75, 3.05) is 19.8 Å². The Balaban J connectivity index is 2.11. The minimum absolute atomic E-state index is 0.0464. The number of hydrogen-bond acceptors (Lipinski definition) is 3. The molecule has 0 fully saturated rings. The van der Waals surface area contributed by atoms with Gasteiger partial charge in [0.1, 0.15) is 11.6 Å². The second-order valence-electron chi connectivity index (χ2n) is 5.64. The smallest absolute Gasteiger partial charge is 0.161 e. The van der Waals surface area contributed by atoms with Gasteiger partial charge in [0, 0.05) is 12.1 Å². The maximum Gasteiger partial charge on any atom is 0.161 e. The lowest BCUT2D eigenvalue weighted by molar-refractivity contribution is 0.286. The van der Waals surface area contributed by atoms with Gasteiger partial charge >= 0.3 is 0 Å². The van der Waals surface area contributed by atoms with Gasteiger partial charge in [-0.2, -0.15) is 0 Å². The molecular weight excluding hydrogens is 312 g/mol. The molecule has 1 N–H and O–H groups in total. The van der Waals surface area contributed by atoms with Crippen LogP contribution in [0.15, 0.2) is 30.3 Å². The van der Waals surface area contributed by atoms with Gasteiger partial charge in [-0.25, -0.2) is 8.78 Å². The Kier molecular flexibility index (Phi) is 5.00. The van der Waals surface area contributed by atoms with Gasteiger partial charge < -0.3 is 14.8 Å². The van der Waals surface area contributed by atoms with E-state index in [1.165, 1.54) is 18.2 Å². The van der Waals surface area contributed by atoms with Crippen molar-refractivity contribution >= 4 is 0 Å². The van der Waals surface area contributed by atoms with E-state index < -0.39 is 17.7 Å². The molecule has 1 aliphatic rings. The lowest BCUT2D eigenvalue weighted by atomic mass is 9.89. The first kappa shape index (κ1) is 16.7. The standard InChI is InChI=1S/C19H21F2NO2/c1-3-23-16-10-12-8-9-22-19(13(12)11-17(16)24-4-2)18-14(20)6-5-7-15(18)21/h5-7,10-11,19,22H,3-4,8-9H2,1-2H3/t19-/m1/s1. The number of benzene rings is 2. The van der Waals surface area contributed by atoms with Crippen molar-refractivity contribution < 1.29 is 18.3 Å². The van der Waals surface area contributed by atoms with E-state index in [1.54, 1.807) is 0 Å². The molecule has 1 atom stereocenters. The molecule has 24 heavy (non-hydrogen) atoms. The van der Waals surface area contributed by atoms with Crippen LogP contribution >= 0.6 is 0 Å². The van der Waals surface area contributed by atoms with Crippen LogP contribution in [0, 0.1) is 11.6 Å². The van der Waals surface area contributed by atoms with Crippen molar-refractivity contribution in [3.63, 3.8) is 0 Å². The Labute approximate surface area is 140 Å². The van der Waals surface area contributed by atoms with Crippen molar-refractivity contribution in [2.24, 2.45) is 0 Å². The molecule has 0 amide bonds. The molecule has 0 aliphatic carbocycles. The molecule has 2 aromatic carbocycles. The van der Waals surface area contributed by atoms with Crippen molar-refractivity contribution in [3.8, 4) is 11.5 Å². The molecule has 3 nitrogen and oxygen atoms in total. The summed E-state index contributed by atoms with van der Waals surface area (Å²) >= 11 is 0. The molecule has 1 heterocycles. The summed E-state index contributed by atoms with van der Waals surface area (Å²) in [5, 5.41) is 3.22. The fourth-order valence-electron chi connectivity index (χ4n) is 3.14. The van der Waals surface area contributed by atoms with E-state index in [9.17, 15) is 8.78 Å². The van der Waals surface area contributed by atoms with Crippen molar-refractivity contribution in [1.29, 1.82) is 0 Å². The largest absolute Gasteiger partial charge is 0.490 e. The van der Waals surface area contributed by atoms with Gasteiger partial charge in [-0.15, -0.1) is 0 Å². The summed E-state index contributed by atoms with van der Waals surface area (Å²) in [6.45, 7) is 5.47. The molecule has 0 unspecified atom stereocenters. The third-order valence-electron chi connectivity index (χ3n) is 4.15. The average Bonchev–Trinajstić information content (AvgIpc) is 2.56. The number of nitrogens with one attached hydrogen (secondary N) is 1. The Morgan fingerprint density at radius 2 is 1.67 bits per heavy atom. The predicted molar refractivity (Wildman–Crippen MR) is 88.7 cm³/mol. The second-order valence-corrected chi connectivity index (χ2v) is 5.64. The van der Waals surface area contributed by atoms with Crippen LogP contribution < -0.4 is 14.8 Å². The summed E-state index contributed by atoms with van der Waals surface area (Å²) in [4.78, 5) is 0. The van der Waals surface area contributed by atoms with Gasteiger partial charge in [0.05, 0.1) is 19.3 Å². The lowest BCUT2D eigenvalue weighted by Crippen LogP contribution is -2.32. The third kappa shape index (κ3) is 3.08. The van der Waals surface area contributed by atoms with Crippen LogP contribution in [-0.2, 0) is 6.42 Å². The number of halogens is 2. The summed E-state index contributed by atoms with van der Waals surface area (Å²) in [6.07, 6.45) is 0.772. The van der Waals surface area contributed by atoms with Crippen LogP contribution in [0.4, 0.5) is 8.78 Å².